The van der Waals surface area contributed by atoms with Crippen LogP contribution in [-0.2, 0) is 7.05 Å². The van der Waals surface area contributed by atoms with E-state index in [0.717, 1.165) is 5.16 Å². The van der Waals surface area contributed by atoms with Crippen molar-refractivity contribution in [2.24, 2.45) is 7.05 Å². The van der Waals surface area contributed by atoms with E-state index >= 15 is 0 Å². The van der Waals surface area contributed by atoms with Crippen LogP contribution in [0.25, 0.3) is 0 Å². The Balaban J connectivity index is 1.95. The average molecular weight is 252 g/mol. The van der Waals surface area contributed by atoms with Gasteiger partial charge in [-0.3, -0.25) is 0 Å². The van der Waals surface area contributed by atoms with Gasteiger partial charge in [-0.15, -0.1) is 0 Å². The summed E-state index contributed by atoms with van der Waals surface area (Å²) in [7, 11) is 1.90. The first kappa shape index (κ1) is 12.1. The van der Waals surface area contributed by atoms with Crippen LogP contribution in [0.4, 0.5) is 4.39 Å². The first-order valence-electron chi connectivity index (χ1n) is 5.20. The minimum atomic E-state index is -0.614. The summed E-state index contributed by atoms with van der Waals surface area (Å²) in [5.74, 6) is 0.203. The molecule has 2 rings (SSSR count). The summed E-state index contributed by atoms with van der Waals surface area (Å²) in [6, 6.07) is 5.89. The first-order valence-corrected chi connectivity index (χ1v) is 6.19. The maximum absolute atomic E-state index is 12.7. The van der Waals surface area contributed by atoms with Gasteiger partial charge in [-0.25, -0.2) is 9.37 Å². The lowest BCUT2D eigenvalue weighted by Crippen LogP contribution is -2.02. The van der Waals surface area contributed by atoms with Crippen molar-refractivity contribution < 1.29 is 9.50 Å². The number of hydrogen-bond donors (Lipinski definition) is 1. The molecule has 17 heavy (non-hydrogen) atoms. The number of imidazole rings is 1. The first-order chi connectivity index (χ1) is 8.16. The number of aliphatic hydroxyl groups excluding tert-OH is 1. The number of nitrogens with zero attached hydrogens (tertiary/aromatic N) is 2. The topological polar surface area (TPSA) is 38.0 Å². The second kappa shape index (κ2) is 5.33. The van der Waals surface area contributed by atoms with E-state index in [0.29, 0.717) is 11.3 Å². The third-order valence-corrected chi connectivity index (χ3v) is 3.54. The van der Waals surface area contributed by atoms with Gasteiger partial charge in [0.2, 0.25) is 0 Å². The summed E-state index contributed by atoms with van der Waals surface area (Å²) in [5, 5.41) is 10.8. The molecule has 90 valence electrons. The minimum absolute atomic E-state index is 0.294. The molecule has 5 heteroatoms. The molecule has 1 aromatic carbocycles. The smallest absolute Gasteiger partial charge is 0.167 e. The molecule has 0 saturated heterocycles. The van der Waals surface area contributed by atoms with E-state index in [-0.39, 0.29) is 5.82 Å². The molecule has 0 amide bonds. The quantitative estimate of drug-likeness (QED) is 0.849. The molecule has 1 N–H and O–H groups in total. The molecule has 2 aromatic rings. The molecule has 0 aliphatic heterocycles. The van der Waals surface area contributed by atoms with Crippen molar-refractivity contribution in [3.63, 3.8) is 0 Å². The van der Waals surface area contributed by atoms with Crippen molar-refractivity contribution in [2.45, 2.75) is 11.3 Å². The maximum Gasteiger partial charge on any atom is 0.167 e. The van der Waals surface area contributed by atoms with Gasteiger partial charge in [-0.1, -0.05) is 23.9 Å². The summed E-state index contributed by atoms with van der Waals surface area (Å²) in [4.78, 5) is 4.15. The molecule has 0 spiro atoms. The van der Waals surface area contributed by atoms with E-state index in [9.17, 15) is 9.50 Å². The molecule has 1 aromatic heterocycles. The van der Waals surface area contributed by atoms with Crippen molar-refractivity contribution in [3.8, 4) is 0 Å². The van der Waals surface area contributed by atoms with Gasteiger partial charge in [0.25, 0.3) is 0 Å². The molecule has 0 radical (unpaired) electrons. The van der Waals surface area contributed by atoms with Gasteiger partial charge in [-0.05, 0) is 17.7 Å². The normalized spacial score (nSPS) is 12.6. The molecule has 3 nitrogen and oxygen atoms in total. The molecule has 0 fully saturated rings. The van der Waals surface area contributed by atoms with Crippen molar-refractivity contribution in [3.05, 3.63) is 48.0 Å². The number of rotatable bonds is 4. The third kappa shape index (κ3) is 3.08. The lowest BCUT2D eigenvalue weighted by Gasteiger charge is -2.10. The Labute approximate surface area is 103 Å². The average Bonchev–Trinajstić information content (AvgIpc) is 2.73. The van der Waals surface area contributed by atoms with Crippen LogP contribution in [0.1, 0.15) is 11.7 Å². The summed E-state index contributed by atoms with van der Waals surface area (Å²) in [5.41, 5.74) is 0.716. The molecule has 1 heterocycles. The van der Waals surface area contributed by atoms with E-state index in [2.05, 4.69) is 4.98 Å². The molecular formula is C12H13FN2OS. The molecule has 1 atom stereocenters. The fourth-order valence-electron chi connectivity index (χ4n) is 1.43. The Morgan fingerprint density at radius 2 is 2.12 bits per heavy atom. The van der Waals surface area contributed by atoms with Gasteiger partial charge >= 0.3 is 0 Å². The standard InChI is InChI=1S/C12H13FN2OS/c1-15-7-6-14-12(15)17-8-11(16)9-2-4-10(13)5-3-9/h2-7,11,16H,8H2,1H3/t11-/m0/s1. The summed E-state index contributed by atoms with van der Waals surface area (Å²) in [6.07, 6.45) is 2.96. The zero-order valence-corrected chi connectivity index (χ0v) is 10.2. The Morgan fingerprint density at radius 1 is 1.41 bits per heavy atom. The van der Waals surface area contributed by atoms with Gasteiger partial charge in [0.15, 0.2) is 5.16 Å². The molecule has 0 unspecified atom stereocenters. The van der Waals surface area contributed by atoms with Crippen LogP contribution in [-0.4, -0.2) is 20.4 Å². The number of aliphatic hydroxyl groups is 1. The van der Waals surface area contributed by atoms with Crippen LogP contribution in [0.2, 0.25) is 0 Å². The number of thioether (sulfide) groups is 1. The third-order valence-electron chi connectivity index (χ3n) is 2.40. The second-order valence-electron chi connectivity index (χ2n) is 3.70. The number of aryl methyl sites for hydroxylation is 1. The lowest BCUT2D eigenvalue weighted by atomic mass is 10.1. The number of aromatic nitrogens is 2. The Kier molecular flexibility index (Phi) is 3.81. The van der Waals surface area contributed by atoms with Crippen LogP contribution >= 0.6 is 11.8 Å². The van der Waals surface area contributed by atoms with E-state index in [4.69, 9.17) is 0 Å². The van der Waals surface area contributed by atoms with Gasteiger partial charge < -0.3 is 9.67 Å². The van der Waals surface area contributed by atoms with Gasteiger partial charge in [0.1, 0.15) is 5.82 Å². The van der Waals surface area contributed by atoms with Crippen LogP contribution in [0.5, 0.6) is 0 Å². The maximum atomic E-state index is 12.7. The van der Waals surface area contributed by atoms with Crippen LogP contribution < -0.4 is 0 Å². The zero-order chi connectivity index (χ0) is 12.3. The van der Waals surface area contributed by atoms with Crippen molar-refractivity contribution in [2.75, 3.05) is 5.75 Å². The van der Waals surface area contributed by atoms with Crippen molar-refractivity contribution in [1.29, 1.82) is 0 Å². The fraction of sp³-hybridized carbons (Fsp3) is 0.250. The zero-order valence-electron chi connectivity index (χ0n) is 9.38. The van der Waals surface area contributed by atoms with Crippen molar-refractivity contribution in [1.82, 2.24) is 9.55 Å². The Morgan fingerprint density at radius 3 is 2.71 bits per heavy atom. The predicted octanol–water partition coefficient (Wildman–Crippen LogP) is 2.38. The molecule has 0 saturated carbocycles. The van der Waals surface area contributed by atoms with E-state index < -0.39 is 6.10 Å². The number of hydrogen-bond acceptors (Lipinski definition) is 3. The van der Waals surface area contributed by atoms with Gasteiger partial charge in [0, 0.05) is 25.2 Å². The highest BCUT2D eigenvalue weighted by molar-refractivity contribution is 7.99. The van der Waals surface area contributed by atoms with Crippen molar-refractivity contribution >= 4 is 11.8 Å². The predicted molar refractivity (Wildman–Crippen MR) is 65.3 cm³/mol. The van der Waals surface area contributed by atoms with Gasteiger partial charge in [0.05, 0.1) is 6.10 Å². The van der Waals surface area contributed by atoms with Crippen LogP contribution in [0, 0.1) is 5.82 Å². The van der Waals surface area contributed by atoms with Gasteiger partial charge in [-0.2, -0.15) is 0 Å². The molecular weight excluding hydrogens is 239 g/mol. The minimum Gasteiger partial charge on any atom is -0.388 e. The van der Waals surface area contributed by atoms with Crippen LogP contribution in [0.3, 0.4) is 0 Å². The van der Waals surface area contributed by atoms with E-state index in [1.807, 2.05) is 17.8 Å². The fourth-order valence-corrected chi connectivity index (χ4v) is 2.32. The number of benzene rings is 1. The van der Waals surface area contributed by atoms with E-state index in [1.54, 1.807) is 18.3 Å². The second-order valence-corrected chi connectivity index (χ2v) is 4.69. The molecule has 0 aliphatic carbocycles. The highest BCUT2D eigenvalue weighted by Gasteiger charge is 2.09. The molecule has 0 aliphatic rings. The van der Waals surface area contributed by atoms with E-state index in [1.165, 1.54) is 23.9 Å². The Hall–Kier alpha value is -1.33. The summed E-state index contributed by atoms with van der Waals surface area (Å²) < 4.78 is 14.6. The number of halogens is 1. The summed E-state index contributed by atoms with van der Waals surface area (Å²) in [6.45, 7) is 0. The Bertz CT molecular complexity index is 484. The monoisotopic (exact) mass is 252 g/mol. The SMILES string of the molecule is Cn1ccnc1SC[C@H](O)c1ccc(F)cc1. The largest absolute Gasteiger partial charge is 0.388 e. The molecule has 0 bridgehead atoms. The highest BCUT2D eigenvalue weighted by Crippen LogP contribution is 2.23. The lowest BCUT2D eigenvalue weighted by molar-refractivity contribution is 0.204. The highest BCUT2D eigenvalue weighted by atomic mass is 32.2. The van der Waals surface area contributed by atoms with Crippen LogP contribution in [0.15, 0.2) is 41.8 Å². The summed E-state index contributed by atoms with van der Waals surface area (Å²) >= 11 is 1.47.